The van der Waals surface area contributed by atoms with Gasteiger partial charge in [-0.1, -0.05) is 31.8 Å². The van der Waals surface area contributed by atoms with Gasteiger partial charge in [-0.2, -0.15) is 18.4 Å². The van der Waals surface area contributed by atoms with E-state index in [1.807, 2.05) is 0 Å². The van der Waals surface area contributed by atoms with Crippen LogP contribution in [0.2, 0.25) is 25.7 Å². The monoisotopic (exact) mass is 506 g/mol. The molecule has 9 heteroatoms. The molecule has 1 heterocycles. The summed E-state index contributed by atoms with van der Waals surface area (Å²) in [5, 5.41) is 21.1. The summed E-state index contributed by atoms with van der Waals surface area (Å²) in [6.07, 6.45) is -5.04. The number of aryl methyl sites for hydroxylation is 2. The van der Waals surface area contributed by atoms with Gasteiger partial charge in [0.05, 0.1) is 37.0 Å². The molecule has 0 fully saturated rings. The van der Waals surface area contributed by atoms with Crippen LogP contribution in [0.15, 0.2) is 30.3 Å². The molecule has 1 aliphatic heterocycles. The summed E-state index contributed by atoms with van der Waals surface area (Å²) in [5.41, 5.74) is -1.15. The molecule has 1 aliphatic rings. The average Bonchev–Trinajstić information content (AvgIpc) is 3.12. The van der Waals surface area contributed by atoms with Crippen molar-refractivity contribution in [2.45, 2.75) is 64.0 Å². The molecule has 3 rings (SSSR count). The number of ether oxygens (including phenoxy) is 2. The third-order valence-corrected chi connectivity index (χ3v) is 8.15. The summed E-state index contributed by atoms with van der Waals surface area (Å²) in [4.78, 5) is 1.04. The fourth-order valence-corrected chi connectivity index (χ4v) is 5.41. The Balaban J connectivity index is 2.14. The number of benzene rings is 2. The maximum atomic E-state index is 14.9. The second kappa shape index (κ2) is 9.94. The molecular formula is C26H33F3N2O3Si. The fourth-order valence-electron chi connectivity index (χ4n) is 4.66. The van der Waals surface area contributed by atoms with Crippen LogP contribution in [0.3, 0.4) is 0 Å². The molecule has 0 aliphatic carbocycles. The molecule has 0 saturated heterocycles. The van der Waals surface area contributed by atoms with E-state index >= 15 is 0 Å². The van der Waals surface area contributed by atoms with Crippen LogP contribution < -0.4 is 4.74 Å². The van der Waals surface area contributed by atoms with E-state index in [1.165, 1.54) is 20.1 Å². The fraction of sp³-hybridized carbons (Fsp3) is 0.500. The first kappa shape index (κ1) is 27.2. The van der Waals surface area contributed by atoms with Gasteiger partial charge in [0.15, 0.2) is 0 Å². The van der Waals surface area contributed by atoms with E-state index in [2.05, 4.69) is 25.7 Å². The summed E-state index contributed by atoms with van der Waals surface area (Å²) < 4.78 is 55.9. The van der Waals surface area contributed by atoms with Crippen LogP contribution >= 0.6 is 0 Å². The second-order valence-corrected chi connectivity index (χ2v) is 16.0. The SMILES string of the molecule is COc1cc(C)cc(C)c1C(O)(N1Cc2ccc(C#N)cc2C1COCC[Si](C)(C)C)C(F)(F)F. The van der Waals surface area contributed by atoms with Crippen LogP contribution in [0.1, 0.15) is 39.4 Å². The van der Waals surface area contributed by atoms with Crippen molar-refractivity contribution in [1.29, 1.82) is 5.26 Å². The van der Waals surface area contributed by atoms with Gasteiger partial charge in [-0.25, -0.2) is 0 Å². The average molecular weight is 507 g/mol. The van der Waals surface area contributed by atoms with E-state index in [-0.39, 0.29) is 30.0 Å². The normalized spacial score (nSPS) is 18.1. The number of nitrogens with zero attached hydrogens (tertiary/aromatic N) is 2. The van der Waals surface area contributed by atoms with Crippen LogP contribution in [-0.4, -0.2) is 44.6 Å². The molecule has 0 bridgehead atoms. The van der Waals surface area contributed by atoms with Crippen molar-refractivity contribution in [3.05, 3.63) is 63.7 Å². The Morgan fingerprint density at radius 2 is 1.86 bits per heavy atom. The lowest BCUT2D eigenvalue weighted by atomic mass is 9.91. The Morgan fingerprint density at radius 3 is 2.43 bits per heavy atom. The van der Waals surface area contributed by atoms with E-state index < -0.39 is 26.0 Å². The third-order valence-electron chi connectivity index (χ3n) is 6.45. The number of halogens is 3. The molecule has 2 atom stereocenters. The smallest absolute Gasteiger partial charge is 0.436 e. The molecule has 2 aromatic carbocycles. The summed E-state index contributed by atoms with van der Waals surface area (Å²) in [7, 11) is -0.114. The Bertz CT molecular complexity index is 1120. The van der Waals surface area contributed by atoms with Crippen molar-refractivity contribution in [2.75, 3.05) is 20.3 Å². The van der Waals surface area contributed by atoms with E-state index in [0.29, 0.717) is 23.3 Å². The Hall–Kier alpha value is -2.38. The van der Waals surface area contributed by atoms with Crippen LogP contribution in [0.5, 0.6) is 5.75 Å². The van der Waals surface area contributed by atoms with Crippen LogP contribution in [-0.2, 0) is 17.0 Å². The van der Waals surface area contributed by atoms with Crippen molar-refractivity contribution >= 4 is 8.07 Å². The second-order valence-electron chi connectivity index (χ2n) is 10.4. The van der Waals surface area contributed by atoms with Gasteiger partial charge in [0.25, 0.3) is 0 Å². The summed E-state index contributed by atoms with van der Waals surface area (Å²) in [6, 6.07) is 9.93. The number of hydrogen-bond donors (Lipinski definition) is 1. The van der Waals surface area contributed by atoms with E-state index in [4.69, 9.17) is 9.47 Å². The molecule has 1 N–H and O–H groups in total. The van der Waals surface area contributed by atoms with Gasteiger partial charge in [-0.15, -0.1) is 0 Å². The molecule has 2 aromatic rings. The molecule has 0 radical (unpaired) electrons. The number of methoxy groups -OCH3 is 1. The van der Waals surface area contributed by atoms with Crippen LogP contribution in [0.25, 0.3) is 0 Å². The van der Waals surface area contributed by atoms with Crippen molar-refractivity contribution in [3.8, 4) is 11.8 Å². The molecule has 5 nitrogen and oxygen atoms in total. The van der Waals surface area contributed by atoms with Gasteiger partial charge in [0.1, 0.15) is 5.75 Å². The van der Waals surface area contributed by atoms with Gasteiger partial charge in [0, 0.05) is 21.2 Å². The predicted octanol–water partition coefficient (Wildman–Crippen LogP) is 5.80. The molecule has 0 spiro atoms. The lowest BCUT2D eigenvalue weighted by Crippen LogP contribution is -2.56. The van der Waals surface area contributed by atoms with Crippen molar-refractivity contribution in [1.82, 2.24) is 4.90 Å². The quantitative estimate of drug-likeness (QED) is 0.362. The molecule has 0 amide bonds. The topological polar surface area (TPSA) is 65.7 Å². The first-order chi connectivity index (χ1) is 16.2. The zero-order chi connectivity index (χ0) is 26.2. The Morgan fingerprint density at radius 1 is 1.17 bits per heavy atom. The third kappa shape index (κ3) is 5.41. The molecule has 0 aromatic heterocycles. The van der Waals surface area contributed by atoms with Crippen LogP contribution in [0.4, 0.5) is 13.2 Å². The lowest BCUT2D eigenvalue weighted by Gasteiger charge is -2.43. The summed E-state index contributed by atoms with van der Waals surface area (Å²) in [6.45, 7) is 10.1. The minimum Gasteiger partial charge on any atom is -0.496 e. The van der Waals surface area contributed by atoms with Crippen molar-refractivity contribution in [2.24, 2.45) is 0 Å². The summed E-state index contributed by atoms with van der Waals surface area (Å²) >= 11 is 0. The largest absolute Gasteiger partial charge is 0.496 e. The first-order valence-corrected chi connectivity index (χ1v) is 15.3. The number of nitriles is 1. The van der Waals surface area contributed by atoms with Crippen molar-refractivity contribution < 1.29 is 27.8 Å². The van der Waals surface area contributed by atoms with E-state index in [0.717, 1.165) is 16.5 Å². The maximum absolute atomic E-state index is 14.9. The highest BCUT2D eigenvalue weighted by atomic mass is 28.3. The van der Waals surface area contributed by atoms with Crippen LogP contribution in [0, 0.1) is 25.2 Å². The Labute approximate surface area is 206 Å². The number of hydrogen-bond acceptors (Lipinski definition) is 5. The van der Waals surface area contributed by atoms with Gasteiger partial charge in [0.2, 0.25) is 5.72 Å². The van der Waals surface area contributed by atoms with Crippen molar-refractivity contribution in [3.63, 3.8) is 0 Å². The minimum atomic E-state index is -5.04. The van der Waals surface area contributed by atoms with Gasteiger partial charge in [-0.3, -0.25) is 4.90 Å². The van der Waals surface area contributed by atoms with E-state index in [9.17, 15) is 23.5 Å². The first-order valence-electron chi connectivity index (χ1n) is 11.5. The highest BCUT2D eigenvalue weighted by molar-refractivity contribution is 6.76. The zero-order valence-corrected chi connectivity index (χ0v) is 22.1. The number of fused-ring (bicyclic) bond motifs is 1. The molecular weight excluding hydrogens is 473 g/mol. The summed E-state index contributed by atoms with van der Waals surface area (Å²) in [5.74, 6) is -0.0330. The molecule has 2 unspecified atom stereocenters. The van der Waals surface area contributed by atoms with Gasteiger partial charge >= 0.3 is 6.18 Å². The standard InChI is InChI=1S/C26H33F3N2O3Si/c1-17-11-18(2)24(23(12-17)33-3)25(32,26(27,28)29)31-15-20-8-7-19(14-30)13-21(20)22(31)16-34-9-10-35(4,5)6/h7-8,11-13,22,32H,9-10,15-16H2,1-6H3. The van der Waals surface area contributed by atoms with Gasteiger partial charge in [-0.05, 0) is 60.3 Å². The maximum Gasteiger partial charge on any atom is 0.436 e. The number of alkyl halides is 3. The number of rotatable bonds is 8. The Kier molecular flexibility index (Phi) is 7.72. The lowest BCUT2D eigenvalue weighted by molar-refractivity contribution is -0.334. The highest BCUT2D eigenvalue weighted by Crippen LogP contribution is 2.52. The zero-order valence-electron chi connectivity index (χ0n) is 21.1. The number of aliphatic hydroxyl groups is 1. The molecule has 190 valence electrons. The minimum absolute atomic E-state index is 0.0330. The van der Waals surface area contributed by atoms with Gasteiger partial charge < -0.3 is 14.6 Å². The van der Waals surface area contributed by atoms with E-state index in [1.54, 1.807) is 31.2 Å². The molecule has 0 saturated carbocycles. The highest BCUT2D eigenvalue weighted by Gasteiger charge is 2.63. The predicted molar refractivity (Wildman–Crippen MR) is 131 cm³/mol. The molecule has 35 heavy (non-hydrogen) atoms.